The van der Waals surface area contributed by atoms with E-state index in [0.29, 0.717) is 11.3 Å². The molecular formula is C22H27N3O2. The Hall–Kier alpha value is -2.82. The predicted octanol–water partition coefficient (Wildman–Crippen LogP) is 4.06. The number of hydrogen-bond acceptors (Lipinski definition) is 3. The fraction of sp³-hybridized carbons (Fsp3) is 0.364. The van der Waals surface area contributed by atoms with Crippen LogP contribution in [-0.2, 0) is 4.79 Å². The molecule has 2 amide bonds. The Kier molecular flexibility index (Phi) is 6.47. The molecule has 5 heteroatoms. The number of carbonyl (C=O) groups is 2. The van der Waals surface area contributed by atoms with Crippen molar-refractivity contribution < 1.29 is 9.59 Å². The van der Waals surface area contributed by atoms with Crippen LogP contribution in [0.5, 0.6) is 0 Å². The fourth-order valence-corrected chi connectivity index (χ4v) is 3.33. The zero-order chi connectivity index (χ0) is 19.1. The highest BCUT2D eigenvalue weighted by atomic mass is 16.2. The zero-order valence-corrected chi connectivity index (χ0v) is 15.8. The molecule has 2 aromatic carbocycles. The molecule has 2 aromatic rings. The molecule has 0 saturated carbocycles. The van der Waals surface area contributed by atoms with Crippen LogP contribution in [0.15, 0.2) is 48.5 Å². The van der Waals surface area contributed by atoms with E-state index in [-0.39, 0.29) is 18.4 Å². The van der Waals surface area contributed by atoms with Gasteiger partial charge >= 0.3 is 0 Å². The molecule has 0 unspecified atom stereocenters. The SMILES string of the molecule is Cc1cccc(NCC(=O)Nc2cccc(C(=O)N3CCCCCC3)c2)c1. The first-order chi connectivity index (χ1) is 13.1. The molecule has 0 aromatic heterocycles. The number of anilines is 2. The summed E-state index contributed by atoms with van der Waals surface area (Å²) in [6.45, 7) is 3.82. The third-order valence-corrected chi connectivity index (χ3v) is 4.76. The summed E-state index contributed by atoms with van der Waals surface area (Å²) in [5, 5.41) is 5.98. The highest BCUT2D eigenvalue weighted by Gasteiger charge is 2.17. The van der Waals surface area contributed by atoms with Crippen LogP contribution >= 0.6 is 0 Å². The minimum Gasteiger partial charge on any atom is -0.376 e. The van der Waals surface area contributed by atoms with Gasteiger partial charge in [-0.1, -0.05) is 31.0 Å². The van der Waals surface area contributed by atoms with E-state index in [9.17, 15) is 9.59 Å². The van der Waals surface area contributed by atoms with Gasteiger partial charge in [0.2, 0.25) is 5.91 Å². The largest absolute Gasteiger partial charge is 0.376 e. The van der Waals surface area contributed by atoms with Crippen LogP contribution in [0, 0.1) is 6.92 Å². The Balaban J connectivity index is 1.58. The monoisotopic (exact) mass is 365 g/mol. The molecule has 5 nitrogen and oxygen atoms in total. The van der Waals surface area contributed by atoms with Crippen molar-refractivity contribution in [2.75, 3.05) is 30.3 Å². The van der Waals surface area contributed by atoms with Gasteiger partial charge in [-0.2, -0.15) is 0 Å². The topological polar surface area (TPSA) is 61.4 Å². The Morgan fingerprint density at radius 3 is 2.37 bits per heavy atom. The van der Waals surface area contributed by atoms with Crippen LogP contribution in [0.2, 0.25) is 0 Å². The van der Waals surface area contributed by atoms with Gasteiger partial charge in [0.25, 0.3) is 5.91 Å². The normalized spacial score (nSPS) is 14.3. The standard InChI is InChI=1S/C22H27N3O2/c1-17-8-6-10-19(14-17)23-16-21(26)24-20-11-7-9-18(15-20)22(27)25-12-4-2-3-5-13-25/h6-11,14-15,23H,2-5,12-13,16H2,1H3,(H,24,26). The van der Waals surface area contributed by atoms with Gasteiger partial charge in [0, 0.05) is 30.0 Å². The van der Waals surface area contributed by atoms with E-state index in [1.807, 2.05) is 54.3 Å². The number of benzene rings is 2. The third kappa shape index (κ3) is 5.58. The van der Waals surface area contributed by atoms with Gasteiger partial charge in [-0.05, 0) is 55.7 Å². The first-order valence-electron chi connectivity index (χ1n) is 9.61. The van der Waals surface area contributed by atoms with Crippen molar-refractivity contribution >= 4 is 23.2 Å². The van der Waals surface area contributed by atoms with Gasteiger partial charge in [-0.25, -0.2) is 0 Å². The fourth-order valence-electron chi connectivity index (χ4n) is 3.33. The number of hydrogen-bond donors (Lipinski definition) is 2. The minimum absolute atomic E-state index is 0.0471. The molecule has 142 valence electrons. The number of likely N-dealkylation sites (tertiary alicyclic amines) is 1. The van der Waals surface area contributed by atoms with Gasteiger partial charge in [-0.15, -0.1) is 0 Å². The first kappa shape index (κ1) is 19.0. The molecule has 1 heterocycles. The van der Waals surface area contributed by atoms with Crippen LogP contribution in [0.1, 0.15) is 41.6 Å². The van der Waals surface area contributed by atoms with Crippen LogP contribution in [0.3, 0.4) is 0 Å². The number of nitrogens with zero attached hydrogens (tertiary/aromatic N) is 1. The summed E-state index contributed by atoms with van der Waals surface area (Å²) in [4.78, 5) is 26.9. The molecule has 0 spiro atoms. The third-order valence-electron chi connectivity index (χ3n) is 4.76. The van der Waals surface area contributed by atoms with Gasteiger partial charge in [0.1, 0.15) is 0 Å². The van der Waals surface area contributed by atoms with E-state index >= 15 is 0 Å². The number of aryl methyl sites for hydroxylation is 1. The molecule has 0 bridgehead atoms. The average molecular weight is 365 g/mol. The van der Waals surface area contributed by atoms with E-state index in [4.69, 9.17) is 0 Å². The Labute approximate surface area is 160 Å². The summed E-state index contributed by atoms with van der Waals surface area (Å²) in [6.07, 6.45) is 4.50. The predicted molar refractivity (Wildman–Crippen MR) is 109 cm³/mol. The minimum atomic E-state index is -0.143. The zero-order valence-electron chi connectivity index (χ0n) is 15.8. The molecule has 3 rings (SSSR count). The lowest BCUT2D eigenvalue weighted by Gasteiger charge is -2.20. The molecule has 0 atom stereocenters. The summed E-state index contributed by atoms with van der Waals surface area (Å²) < 4.78 is 0. The lowest BCUT2D eigenvalue weighted by Crippen LogP contribution is -2.31. The van der Waals surface area contributed by atoms with E-state index in [1.165, 1.54) is 12.8 Å². The van der Waals surface area contributed by atoms with Crippen molar-refractivity contribution in [1.82, 2.24) is 4.90 Å². The van der Waals surface area contributed by atoms with Gasteiger partial charge in [0.15, 0.2) is 0 Å². The number of rotatable bonds is 5. The summed E-state index contributed by atoms with van der Waals surface area (Å²) in [7, 11) is 0. The summed E-state index contributed by atoms with van der Waals surface area (Å²) >= 11 is 0. The van der Waals surface area contributed by atoms with Crippen LogP contribution in [-0.4, -0.2) is 36.3 Å². The lowest BCUT2D eigenvalue weighted by atomic mass is 10.1. The van der Waals surface area contributed by atoms with Crippen molar-refractivity contribution in [3.63, 3.8) is 0 Å². The van der Waals surface area contributed by atoms with E-state index < -0.39 is 0 Å². The van der Waals surface area contributed by atoms with E-state index in [1.54, 1.807) is 6.07 Å². The van der Waals surface area contributed by atoms with Crippen molar-refractivity contribution in [3.8, 4) is 0 Å². The second-order valence-electron chi connectivity index (χ2n) is 7.06. The maximum atomic E-state index is 12.7. The smallest absolute Gasteiger partial charge is 0.253 e. The summed E-state index contributed by atoms with van der Waals surface area (Å²) in [5.41, 5.74) is 3.32. The van der Waals surface area contributed by atoms with Crippen molar-refractivity contribution in [2.24, 2.45) is 0 Å². The van der Waals surface area contributed by atoms with Gasteiger partial charge < -0.3 is 15.5 Å². The van der Waals surface area contributed by atoms with E-state index in [2.05, 4.69) is 10.6 Å². The number of nitrogens with one attached hydrogen (secondary N) is 2. The summed E-state index contributed by atoms with van der Waals surface area (Å²) in [6, 6.07) is 15.1. The second kappa shape index (κ2) is 9.21. The lowest BCUT2D eigenvalue weighted by molar-refractivity contribution is -0.114. The Morgan fingerprint density at radius 1 is 0.926 bits per heavy atom. The van der Waals surface area contributed by atoms with Crippen LogP contribution in [0.4, 0.5) is 11.4 Å². The molecule has 27 heavy (non-hydrogen) atoms. The van der Waals surface area contributed by atoms with Crippen LogP contribution < -0.4 is 10.6 Å². The van der Waals surface area contributed by atoms with Gasteiger partial charge in [0.05, 0.1) is 6.54 Å². The highest BCUT2D eigenvalue weighted by molar-refractivity contribution is 5.98. The quantitative estimate of drug-likeness (QED) is 0.840. The molecule has 2 N–H and O–H groups in total. The van der Waals surface area contributed by atoms with Gasteiger partial charge in [-0.3, -0.25) is 9.59 Å². The average Bonchev–Trinajstić information content (AvgIpc) is 2.95. The highest BCUT2D eigenvalue weighted by Crippen LogP contribution is 2.16. The molecule has 0 aliphatic carbocycles. The molecule has 1 saturated heterocycles. The van der Waals surface area contributed by atoms with Crippen LogP contribution in [0.25, 0.3) is 0 Å². The van der Waals surface area contributed by atoms with Crippen molar-refractivity contribution in [2.45, 2.75) is 32.6 Å². The molecule has 1 fully saturated rings. The molecule has 0 radical (unpaired) electrons. The molecular weight excluding hydrogens is 338 g/mol. The molecule has 1 aliphatic heterocycles. The Morgan fingerprint density at radius 2 is 1.63 bits per heavy atom. The Bertz CT molecular complexity index is 796. The second-order valence-corrected chi connectivity index (χ2v) is 7.06. The van der Waals surface area contributed by atoms with Crippen molar-refractivity contribution in [3.05, 3.63) is 59.7 Å². The van der Waals surface area contributed by atoms with E-state index in [0.717, 1.165) is 37.2 Å². The maximum Gasteiger partial charge on any atom is 0.253 e. The van der Waals surface area contributed by atoms with Crippen molar-refractivity contribution in [1.29, 1.82) is 0 Å². The number of carbonyl (C=O) groups excluding carboxylic acids is 2. The maximum absolute atomic E-state index is 12.7. The molecule has 1 aliphatic rings. The summed E-state index contributed by atoms with van der Waals surface area (Å²) in [5.74, 6) is -0.0956. The first-order valence-corrected chi connectivity index (χ1v) is 9.61. The number of amides is 2.